The lowest BCUT2D eigenvalue weighted by Gasteiger charge is -2.34. The maximum atomic E-state index is 9.55. The second-order valence-electron chi connectivity index (χ2n) is 7.34. The van der Waals surface area contributed by atoms with Crippen LogP contribution in [0.15, 0.2) is 24.3 Å². The number of ether oxygens (including phenoxy) is 1. The second-order valence-corrected chi connectivity index (χ2v) is 7.34. The number of hydrogen-bond acceptors (Lipinski definition) is 5. The van der Waals surface area contributed by atoms with E-state index in [1.54, 1.807) is 7.11 Å². The highest BCUT2D eigenvalue weighted by molar-refractivity contribution is 5.49. The summed E-state index contributed by atoms with van der Waals surface area (Å²) in [5, 5.41) is 13.3. The van der Waals surface area contributed by atoms with Gasteiger partial charge in [0, 0.05) is 37.9 Å². The van der Waals surface area contributed by atoms with Crippen LogP contribution >= 0.6 is 0 Å². The Kier molecular flexibility index (Phi) is 6.96. The van der Waals surface area contributed by atoms with E-state index in [4.69, 9.17) is 4.74 Å². The molecule has 140 valence electrons. The van der Waals surface area contributed by atoms with E-state index in [0.717, 1.165) is 57.9 Å². The summed E-state index contributed by atoms with van der Waals surface area (Å²) in [5.41, 5.74) is 1.30. The molecule has 0 atom stereocenters. The summed E-state index contributed by atoms with van der Waals surface area (Å²) in [6.07, 6.45) is 5.44. The van der Waals surface area contributed by atoms with Crippen LogP contribution in [0.5, 0.6) is 5.75 Å². The highest BCUT2D eigenvalue weighted by Crippen LogP contribution is 2.22. The fraction of sp³-hybridized carbons (Fsp3) is 0.700. The summed E-state index contributed by atoms with van der Waals surface area (Å²) in [6.45, 7) is 6.61. The lowest BCUT2D eigenvalue weighted by molar-refractivity contribution is 0.0820. The van der Waals surface area contributed by atoms with Crippen molar-refractivity contribution in [3.63, 3.8) is 0 Å². The zero-order valence-electron chi connectivity index (χ0n) is 15.5. The van der Waals surface area contributed by atoms with Gasteiger partial charge >= 0.3 is 0 Å². The van der Waals surface area contributed by atoms with Gasteiger partial charge in [-0.25, -0.2) is 0 Å². The number of likely N-dealkylation sites (tertiary alicyclic amines) is 1. The zero-order chi connectivity index (χ0) is 17.5. The summed E-state index contributed by atoms with van der Waals surface area (Å²) in [6, 6.07) is 9.04. The first kappa shape index (κ1) is 18.5. The molecule has 5 heteroatoms. The predicted molar refractivity (Wildman–Crippen MR) is 103 cm³/mol. The van der Waals surface area contributed by atoms with Crippen molar-refractivity contribution in [2.75, 3.05) is 51.3 Å². The minimum Gasteiger partial charge on any atom is -0.497 e. The number of aliphatic hydroxyl groups excluding tert-OH is 1. The van der Waals surface area contributed by atoms with E-state index in [9.17, 15) is 5.11 Å². The molecule has 2 aliphatic rings. The minimum atomic E-state index is -0.0646. The average molecular weight is 348 g/mol. The standard InChI is InChI=1S/C20H33N3O2/c1-25-20-5-3-18(4-6-20)23-15-7-17(8-16-23)21-11-2-12-22-13-9-19(24)10-14-22/h3-6,17,19,21,24H,2,7-16H2,1H3. The Hall–Kier alpha value is -1.30. The van der Waals surface area contributed by atoms with Crippen molar-refractivity contribution in [1.29, 1.82) is 0 Å². The van der Waals surface area contributed by atoms with Gasteiger partial charge in [0.2, 0.25) is 0 Å². The molecule has 2 aliphatic heterocycles. The van der Waals surface area contributed by atoms with Crippen molar-refractivity contribution in [3.05, 3.63) is 24.3 Å². The highest BCUT2D eigenvalue weighted by atomic mass is 16.5. The van der Waals surface area contributed by atoms with Gasteiger partial charge in [0.25, 0.3) is 0 Å². The molecule has 0 saturated carbocycles. The van der Waals surface area contributed by atoms with Gasteiger partial charge in [-0.05, 0) is 69.5 Å². The molecular weight excluding hydrogens is 314 g/mol. The van der Waals surface area contributed by atoms with Gasteiger partial charge < -0.3 is 25.0 Å². The Bertz CT molecular complexity index is 492. The molecule has 1 aromatic rings. The lowest BCUT2D eigenvalue weighted by atomic mass is 10.0. The van der Waals surface area contributed by atoms with Gasteiger partial charge in [0.1, 0.15) is 5.75 Å². The number of benzene rings is 1. The second kappa shape index (κ2) is 9.41. The molecule has 1 aromatic carbocycles. The van der Waals surface area contributed by atoms with E-state index < -0.39 is 0 Å². The van der Waals surface area contributed by atoms with Gasteiger partial charge in [-0.15, -0.1) is 0 Å². The fourth-order valence-electron chi connectivity index (χ4n) is 3.89. The number of aliphatic hydroxyl groups is 1. The molecule has 0 unspecified atom stereocenters. The van der Waals surface area contributed by atoms with E-state index in [2.05, 4.69) is 27.2 Å². The smallest absolute Gasteiger partial charge is 0.119 e. The van der Waals surface area contributed by atoms with Crippen molar-refractivity contribution in [1.82, 2.24) is 10.2 Å². The summed E-state index contributed by atoms with van der Waals surface area (Å²) in [5.74, 6) is 0.920. The van der Waals surface area contributed by atoms with E-state index >= 15 is 0 Å². The maximum Gasteiger partial charge on any atom is 0.119 e. The summed E-state index contributed by atoms with van der Waals surface area (Å²) >= 11 is 0. The van der Waals surface area contributed by atoms with Crippen molar-refractivity contribution in [2.45, 2.75) is 44.2 Å². The summed E-state index contributed by atoms with van der Waals surface area (Å²) < 4.78 is 5.23. The van der Waals surface area contributed by atoms with Gasteiger partial charge in [0.15, 0.2) is 0 Å². The molecular formula is C20H33N3O2. The largest absolute Gasteiger partial charge is 0.497 e. The Morgan fingerprint density at radius 3 is 2.36 bits per heavy atom. The SMILES string of the molecule is COc1ccc(N2CCC(NCCCN3CCC(O)CC3)CC2)cc1. The Morgan fingerprint density at radius 2 is 1.72 bits per heavy atom. The van der Waals surface area contributed by atoms with Crippen molar-refractivity contribution >= 4 is 5.69 Å². The lowest BCUT2D eigenvalue weighted by Crippen LogP contribution is -2.43. The van der Waals surface area contributed by atoms with E-state index in [1.807, 2.05) is 12.1 Å². The monoisotopic (exact) mass is 347 g/mol. The third kappa shape index (κ3) is 5.59. The van der Waals surface area contributed by atoms with Crippen LogP contribution in [0.25, 0.3) is 0 Å². The third-order valence-corrected chi connectivity index (χ3v) is 5.57. The van der Waals surface area contributed by atoms with Gasteiger partial charge in [-0.3, -0.25) is 0 Å². The topological polar surface area (TPSA) is 48.0 Å². The molecule has 25 heavy (non-hydrogen) atoms. The molecule has 0 amide bonds. The summed E-state index contributed by atoms with van der Waals surface area (Å²) in [4.78, 5) is 4.96. The summed E-state index contributed by atoms with van der Waals surface area (Å²) in [7, 11) is 1.71. The molecule has 0 aromatic heterocycles. The molecule has 0 radical (unpaired) electrons. The van der Waals surface area contributed by atoms with Crippen LogP contribution in [0.3, 0.4) is 0 Å². The number of nitrogens with one attached hydrogen (secondary N) is 1. The van der Waals surface area contributed by atoms with Crippen molar-refractivity contribution in [3.8, 4) is 5.75 Å². The van der Waals surface area contributed by atoms with Crippen LogP contribution in [0.1, 0.15) is 32.1 Å². The van der Waals surface area contributed by atoms with E-state index in [-0.39, 0.29) is 6.10 Å². The quantitative estimate of drug-likeness (QED) is 0.740. The third-order valence-electron chi connectivity index (χ3n) is 5.57. The van der Waals surface area contributed by atoms with Crippen molar-refractivity contribution < 1.29 is 9.84 Å². The number of anilines is 1. The van der Waals surface area contributed by atoms with Gasteiger partial charge in [0.05, 0.1) is 13.2 Å². The number of rotatable bonds is 7. The first-order valence-electron chi connectivity index (χ1n) is 9.77. The number of methoxy groups -OCH3 is 1. The van der Waals surface area contributed by atoms with Crippen LogP contribution in [-0.2, 0) is 0 Å². The number of hydrogen-bond donors (Lipinski definition) is 2. The molecule has 2 N–H and O–H groups in total. The van der Waals surface area contributed by atoms with Crippen molar-refractivity contribution in [2.24, 2.45) is 0 Å². The highest BCUT2D eigenvalue weighted by Gasteiger charge is 2.19. The normalized spacial score (nSPS) is 20.8. The average Bonchev–Trinajstić information content (AvgIpc) is 2.67. The first-order chi connectivity index (χ1) is 12.2. The molecule has 2 heterocycles. The minimum absolute atomic E-state index is 0.0646. The molecule has 3 rings (SSSR count). The van der Waals surface area contributed by atoms with Crippen LogP contribution in [0, 0.1) is 0 Å². The Labute approximate surface area is 152 Å². The molecule has 0 bridgehead atoms. The van der Waals surface area contributed by atoms with Crippen LogP contribution < -0.4 is 15.0 Å². The molecule has 0 aliphatic carbocycles. The molecule has 2 saturated heterocycles. The first-order valence-corrected chi connectivity index (χ1v) is 9.77. The molecule has 5 nitrogen and oxygen atoms in total. The predicted octanol–water partition coefficient (Wildman–Crippen LogP) is 2.10. The number of nitrogens with zero attached hydrogens (tertiary/aromatic N) is 2. The Balaban J connectivity index is 1.30. The van der Waals surface area contributed by atoms with E-state index in [1.165, 1.54) is 24.9 Å². The van der Waals surface area contributed by atoms with Crippen LogP contribution in [0.2, 0.25) is 0 Å². The maximum absolute atomic E-state index is 9.55. The molecule has 2 fully saturated rings. The van der Waals surface area contributed by atoms with Gasteiger partial charge in [-0.1, -0.05) is 0 Å². The zero-order valence-corrected chi connectivity index (χ0v) is 15.5. The van der Waals surface area contributed by atoms with Crippen LogP contribution in [0.4, 0.5) is 5.69 Å². The fourth-order valence-corrected chi connectivity index (χ4v) is 3.89. The van der Waals surface area contributed by atoms with Gasteiger partial charge in [-0.2, -0.15) is 0 Å². The molecule has 0 spiro atoms. The Morgan fingerprint density at radius 1 is 1.04 bits per heavy atom. The van der Waals surface area contributed by atoms with Crippen LogP contribution in [-0.4, -0.2) is 68.5 Å². The van der Waals surface area contributed by atoms with E-state index in [0.29, 0.717) is 6.04 Å². The number of piperidine rings is 2.